The standard InChI is InChI=1S/C11H17ClN/c1-3-13(12,4-2)10-11-8-6-5-7-9-11/h5-9H,3-4,10H2,1-2H3/q+1. The van der Waals surface area contributed by atoms with Crippen molar-refractivity contribution >= 4 is 11.8 Å². The molecule has 0 aliphatic rings. The monoisotopic (exact) mass is 198 g/mol. The number of hydrogen-bond donors (Lipinski definition) is 0. The molecule has 72 valence electrons. The van der Waals surface area contributed by atoms with Crippen LogP contribution < -0.4 is 0 Å². The van der Waals surface area contributed by atoms with Crippen molar-refractivity contribution in [3.63, 3.8) is 0 Å². The largest absolute Gasteiger partial charge is 0.219 e. The molecule has 0 aliphatic carbocycles. The summed E-state index contributed by atoms with van der Waals surface area (Å²) in [6.07, 6.45) is 0. The van der Waals surface area contributed by atoms with Gasteiger partial charge in [-0.15, -0.1) is 0 Å². The van der Waals surface area contributed by atoms with E-state index in [-0.39, 0.29) is 0 Å². The van der Waals surface area contributed by atoms with Crippen LogP contribution in [0.25, 0.3) is 0 Å². The fourth-order valence-electron chi connectivity index (χ4n) is 1.36. The Morgan fingerprint density at radius 1 is 1.08 bits per heavy atom. The van der Waals surface area contributed by atoms with Gasteiger partial charge in [-0.25, -0.2) is 4.00 Å². The smallest absolute Gasteiger partial charge is 0.165 e. The van der Waals surface area contributed by atoms with Crippen LogP contribution in [0.4, 0.5) is 0 Å². The first-order chi connectivity index (χ1) is 6.20. The van der Waals surface area contributed by atoms with E-state index in [1.165, 1.54) is 5.56 Å². The van der Waals surface area contributed by atoms with E-state index < -0.39 is 0 Å². The molecule has 0 aromatic heterocycles. The van der Waals surface area contributed by atoms with E-state index in [0.717, 1.165) is 19.6 Å². The lowest BCUT2D eigenvalue weighted by Gasteiger charge is -2.26. The van der Waals surface area contributed by atoms with Crippen LogP contribution in [0.3, 0.4) is 0 Å². The summed E-state index contributed by atoms with van der Waals surface area (Å²) in [4.78, 5) is 0. The molecule has 0 heterocycles. The van der Waals surface area contributed by atoms with E-state index >= 15 is 0 Å². The first-order valence-corrected chi connectivity index (χ1v) is 5.13. The first-order valence-electron chi connectivity index (χ1n) is 4.80. The molecule has 2 heteroatoms. The fraction of sp³-hybridized carbons (Fsp3) is 0.455. The number of halogens is 1. The van der Waals surface area contributed by atoms with Crippen molar-refractivity contribution in [1.82, 2.24) is 0 Å². The molecule has 0 unspecified atom stereocenters. The van der Waals surface area contributed by atoms with Crippen LogP contribution in [0.2, 0.25) is 0 Å². The summed E-state index contributed by atoms with van der Waals surface area (Å²) in [6.45, 7) is 7.09. The van der Waals surface area contributed by atoms with Crippen LogP contribution in [0.1, 0.15) is 19.4 Å². The maximum atomic E-state index is 6.38. The minimum absolute atomic E-state index is 0.601. The number of benzene rings is 1. The summed E-state index contributed by atoms with van der Waals surface area (Å²) in [7, 11) is 0. The van der Waals surface area contributed by atoms with Crippen molar-refractivity contribution in [2.24, 2.45) is 0 Å². The van der Waals surface area contributed by atoms with Gasteiger partial charge in [0.1, 0.15) is 6.54 Å². The third-order valence-corrected chi connectivity index (χ3v) is 3.04. The molecule has 0 aliphatic heterocycles. The van der Waals surface area contributed by atoms with Gasteiger partial charge < -0.3 is 0 Å². The Labute approximate surface area is 85.6 Å². The Morgan fingerprint density at radius 3 is 2.08 bits per heavy atom. The van der Waals surface area contributed by atoms with Crippen molar-refractivity contribution in [3.05, 3.63) is 35.9 Å². The number of quaternary nitrogens is 1. The van der Waals surface area contributed by atoms with Gasteiger partial charge in [0, 0.05) is 5.56 Å². The lowest BCUT2D eigenvalue weighted by molar-refractivity contribution is -0.825. The second-order valence-corrected chi connectivity index (χ2v) is 4.02. The molecular weight excluding hydrogens is 182 g/mol. The van der Waals surface area contributed by atoms with E-state index in [1.54, 1.807) is 0 Å². The maximum absolute atomic E-state index is 6.38. The molecule has 0 saturated carbocycles. The maximum Gasteiger partial charge on any atom is 0.165 e. The van der Waals surface area contributed by atoms with Gasteiger partial charge in [0.15, 0.2) is 11.8 Å². The molecular formula is C11H17ClN+. The molecule has 0 saturated heterocycles. The lowest BCUT2D eigenvalue weighted by Crippen LogP contribution is -2.36. The van der Waals surface area contributed by atoms with Gasteiger partial charge in [-0.05, 0) is 13.8 Å². The van der Waals surface area contributed by atoms with Crippen molar-refractivity contribution < 1.29 is 4.00 Å². The zero-order chi connectivity index (χ0) is 9.73. The topological polar surface area (TPSA) is 0 Å². The Hall–Kier alpha value is -0.530. The van der Waals surface area contributed by atoms with Gasteiger partial charge >= 0.3 is 0 Å². The molecule has 0 bridgehead atoms. The normalized spacial score (nSPS) is 11.6. The fourth-order valence-corrected chi connectivity index (χ4v) is 1.50. The molecule has 1 rings (SSSR count). The molecule has 0 fully saturated rings. The minimum atomic E-state index is 0.601. The molecule has 0 atom stereocenters. The van der Waals surface area contributed by atoms with E-state index in [0.29, 0.717) is 4.00 Å². The van der Waals surface area contributed by atoms with E-state index in [2.05, 4.69) is 38.1 Å². The molecule has 0 N–H and O–H groups in total. The zero-order valence-electron chi connectivity index (χ0n) is 8.33. The quantitative estimate of drug-likeness (QED) is 0.652. The summed E-state index contributed by atoms with van der Waals surface area (Å²) in [5.74, 6) is 0. The van der Waals surface area contributed by atoms with E-state index in [4.69, 9.17) is 11.8 Å². The van der Waals surface area contributed by atoms with Crippen LogP contribution in [-0.2, 0) is 6.54 Å². The molecule has 0 amide bonds. The van der Waals surface area contributed by atoms with Crippen LogP contribution in [0.15, 0.2) is 30.3 Å². The number of nitrogens with zero attached hydrogens (tertiary/aromatic N) is 1. The number of hydrogen-bond acceptors (Lipinski definition) is 0. The summed E-state index contributed by atoms with van der Waals surface area (Å²) in [5, 5.41) is 0. The molecule has 0 radical (unpaired) electrons. The Morgan fingerprint density at radius 2 is 1.62 bits per heavy atom. The molecule has 1 nitrogen and oxygen atoms in total. The lowest BCUT2D eigenvalue weighted by atomic mass is 10.2. The van der Waals surface area contributed by atoms with Gasteiger partial charge in [0.05, 0.1) is 13.1 Å². The highest BCUT2D eigenvalue weighted by atomic mass is 35.5. The van der Waals surface area contributed by atoms with Gasteiger partial charge in [0.2, 0.25) is 0 Å². The van der Waals surface area contributed by atoms with Crippen molar-refractivity contribution in [1.29, 1.82) is 0 Å². The minimum Gasteiger partial charge on any atom is -0.219 e. The van der Waals surface area contributed by atoms with Gasteiger partial charge in [-0.3, -0.25) is 0 Å². The first kappa shape index (κ1) is 10.6. The van der Waals surface area contributed by atoms with Gasteiger partial charge in [-0.1, -0.05) is 30.3 Å². The average Bonchev–Trinajstić information content (AvgIpc) is 2.19. The third-order valence-electron chi connectivity index (χ3n) is 2.44. The SMILES string of the molecule is CC[N+](Cl)(CC)Cc1ccccc1. The van der Waals surface area contributed by atoms with E-state index in [1.807, 2.05) is 6.07 Å². The van der Waals surface area contributed by atoms with Crippen molar-refractivity contribution in [2.75, 3.05) is 13.1 Å². The molecule has 1 aromatic carbocycles. The highest BCUT2D eigenvalue weighted by Gasteiger charge is 2.20. The second kappa shape index (κ2) is 4.64. The Kier molecular flexibility index (Phi) is 3.76. The summed E-state index contributed by atoms with van der Waals surface area (Å²) < 4.78 is 0.601. The summed E-state index contributed by atoms with van der Waals surface area (Å²) in [6, 6.07) is 10.4. The van der Waals surface area contributed by atoms with Crippen molar-refractivity contribution in [3.8, 4) is 0 Å². The Balaban J connectivity index is 2.68. The van der Waals surface area contributed by atoms with E-state index in [9.17, 15) is 0 Å². The van der Waals surface area contributed by atoms with Crippen LogP contribution in [0.5, 0.6) is 0 Å². The molecule has 13 heavy (non-hydrogen) atoms. The predicted molar refractivity (Wildman–Crippen MR) is 57.3 cm³/mol. The highest BCUT2D eigenvalue weighted by molar-refractivity contribution is 6.06. The average molecular weight is 199 g/mol. The zero-order valence-corrected chi connectivity index (χ0v) is 9.09. The van der Waals surface area contributed by atoms with Gasteiger partial charge in [-0.2, -0.15) is 0 Å². The highest BCUT2D eigenvalue weighted by Crippen LogP contribution is 2.17. The summed E-state index contributed by atoms with van der Waals surface area (Å²) >= 11 is 6.38. The third kappa shape index (κ3) is 3.02. The van der Waals surface area contributed by atoms with Gasteiger partial charge in [0.25, 0.3) is 0 Å². The second-order valence-electron chi connectivity index (χ2n) is 3.31. The number of rotatable bonds is 4. The van der Waals surface area contributed by atoms with Crippen LogP contribution in [-0.4, -0.2) is 17.1 Å². The Bertz CT molecular complexity index is 242. The van der Waals surface area contributed by atoms with Crippen LogP contribution >= 0.6 is 11.8 Å². The molecule has 1 aromatic rings. The van der Waals surface area contributed by atoms with Crippen molar-refractivity contribution in [2.45, 2.75) is 20.4 Å². The predicted octanol–water partition coefficient (Wildman–Crippen LogP) is 3.20. The molecule has 0 spiro atoms. The van der Waals surface area contributed by atoms with Crippen LogP contribution in [0, 0.1) is 0 Å². The summed E-state index contributed by atoms with van der Waals surface area (Å²) in [5.41, 5.74) is 1.31.